The van der Waals surface area contributed by atoms with E-state index in [-0.39, 0.29) is 17.3 Å². The second-order valence-corrected chi connectivity index (χ2v) is 10.3. The molecular weight excluding hydrogens is 478 g/mol. The Morgan fingerprint density at radius 3 is 2.31 bits per heavy atom. The Kier molecular flexibility index (Phi) is 8.84. The molecular formula is C27H31N3O5S. The Labute approximate surface area is 211 Å². The number of carbonyl (C=O) groups excluding carboxylic acids is 1. The number of hydrogen-bond acceptors (Lipinski definition) is 4. The number of anilines is 1. The van der Waals surface area contributed by atoms with Gasteiger partial charge in [-0.2, -0.15) is 4.72 Å². The quantitative estimate of drug-likeness (QED) is 0.321. The molecule has 0 spiro atoms. The third-order valence-corrected chi connectivity index (χ3v) is 7.23. The van der Waals surface area contributed by atoms with Crippen molar-refractivity contribution in [3.63, 3.8) is 0 Å². The van der Waals surface area contributed by atoms with Crippen LogP contribution < -0.4 is 15.4 Å². The number of carboxylic acid groups (broad SMARTS) is 1. The van der Waals surface area contributed by atoms with Crippen LogP contribution >= 0.6 is 0 Å². The maximum absolute atomic E-state index is 12.9. The van der Waals surface area contributed by atoms with Gasteiger partial charge in [-0.3, -0.25) is 4.79 Å². The van der Waals surface area contributed by atoms with Crippen LogP contribution in [0.25, 0.3) is 11.1 Å². The minimum absolute atomic E-state index is 0.0149. The molecule has 3 rings (SSSR count). The zero-order valence-corrected chi connectivity index (χ0v) is 21.4. The molecule has 0 aliphatic carbocycles. The number of amides is 2. The van der Waals surface area contributed by atoms with Gasteiger partial charge in [0.25, 0.3) is 0 Å². The number of benzene rings is 3. The van der Waals surface area contributed by atoms with Gasteiger partial charge in [0.05, 0.1) is 4.90 Å². The van der Waals surface area contributed by atoms with Crippen molar-refractivity contribution in [2.75, 3.05) is 11.9 Å². The molecule has 0 aliphatic heterocycles. The van der Waals surface area contributed by atoms with Gasteiger partial charge in [0.1, 0.15) is 6.04 Å². The Bertz CT molecular complexity index is 1340. The fraction of sp³-hybridized carbons (Fsp3) is 0.259. The molecule has 0 heterocycles. The highest BCUT2D eigenvalue weighted by Crippen LogP contribution is 2.24. The van der Waals surface area contributed by atoms with E-state index in [0.717, 1.165) is 23.1 Å². The summed E-state index contributed by atoms with van der Waals surface area (Å²) in [5, 5.41) is 15.2. The second kappa shape index (κ2) is 11.8. The number of aryl methyl sites for hydroxylation is 2. The van der Waals surface area contributed by atoms with Crippen molar-refractivity contribution in [3.8, 4) is 11.1 Å². The topological polar surface area (TPSA) is 125 Å². The maximum Gasteiger partial charge on any atom is 0.322 e. The number of sulfonamides is 1. The molecule has 9 heteroatoms. The summed E-state index contributed by atoms with van der Waals surface area (Å²) in [6.07, 6.45) is 0.828. The van der Waals surface area contributed by atoms with Gasteiger partial charge >= 0.3 is 12.0 Å². The van der Waals surface area contributed by atoms with Gasteiger partial charge < -0.3 is 15.7 Å². The predicted molar refractivity (Wildman–Crippen MR) is 141 cm³/mol. The molecule has 0 fully saturated rings. The molecule has 1 atom stereocenters. The standard InChI is InChI=1S/C27H31N3O5S/c1-4-14-28-27(33)29-23-7-5-6-22(17-23)21-11-9-20(10-12-21)16-24(26(31)32)30-36(34,35)25-13-8-18(2)15-19(25)3/h5-13,15,17,24,30H,4,14,16H2,1-3H3,(H,31,32)(H2,28,29,33). The first-order valence-corrected chi connectivity index (χ1v) is 13.1. The minimum atomic E-state index is -4.01. The summed E-state index contributed by atoms with van der Waals surface area (Å²) in [4.78, 5) is 23.9. The summed E-state index contributed by atoms with van der Waals surface area (Å²) in [6.45, 7) is 6.10. The van der Waals surface area contributed by atoms with Gasteiger partial charge in [-0.25, -0.2) is 13.2 Å². The van der Waals surface area contributed by atoms with Crippen molar-refractivity contribution in [2.24, 2.45) is 0 Å². The second-order valence-electron chi connectivity index (χ2n) is 8.64. The van der Waals surface area contributed by atoms with E-state index in [1.807, 2.05) is 44.2 Å². The van der Waals surface area contributed by atoms with E-state index in [2.05, 4.69) is 15.4 Å². The number of nitrogens with one attached hydrogen (secondary N) is 3. The van der Waals surface area contributed by atoms with E-state index in [1.54, 1.807) is 37.3 Å². The summed E-state index contributed by atoms with van der Waals surface area (Å²) in [5.74, 6) is -1.26. The van der Waals surface area contributed by atoms with E-state index in [0.29, 0.717) is 23.4 Å². The Hall–Kier alpha value is -3.69. The number of rotatable bonds is 10. The third-order valence-electron chi connectivity index (χ3n) is 5.60. The first kappa shape index (κ1) is 26.9. The molecule has 0 aliphatic rings. The monoisotopic (exact) mass is 509 g/mol. The molecule has 190 valence electrons. The zero-order chi connectivity index (χ0) is 26.3. The first-order chi connectivity index (χ1) is 17.1. The number of urea groups is 1. The molecule has 4 N–H and O–H groups in total. The summed E-state index contributed by atoms with van der Waals surface area (Å²) in [5.41, 5.74) is 4.54. The molecule has 3 aromatic rings. The Morgan fingerprint density at radius 1 is 0.944 bits per heavy atom. The molecule has 36 heavy (non-hydrogen) atoms. The number of aliphatic carboxylic acids is 1. The van der Waals surface area contributed by atoms with Crippen LogP contribution in [0.1, 0.15) is 30.0 Å². The highest BCUT2D eigenvalue weighted by molar-refractivity contribution is 7.89. The maximum atomic E-state index is 12.9. The highest BCUT2D eigenvalue weighted by atomic mass is 32.2. The molecule has 0 bridgehead atoms. The molecule has 0 radical (unpaired) electrons. The van der Waals surface area contributed by atoms with Crippen LogP contribution in [-0.2, 0) is 21.2 Å². The van der Waals surface area contributed by atoms with Crippen LogP contribution in [0, 0.1) is 13.8 Å². The predicted octanol–water partition coefficient (Wildman–Crippen LogP) is 4.48. The lowest BCUT2D eigenvalue weighted by Gasteiger charge is -2.16. The van der Waals surface area contributed by atoms with Gasteiger partial charge in [-0.05, 0) is 67.1 Å². The van der Waals surface area contributed by atoms with Gasteiger partial charge in [0.15, 0.2) is 0 Å². The fourth-order valence-electron chi connectivity index (χ4n) is 3.79. The van der Waals surface area contributed by atoms with E-state index >= 15 is 0 Å². The van der Waals surface area contributed by atoms with E-state index in [4.69, 9.17) is 0 Å². The van der Waals surface area contributed by atoms with Crippen molar-refractivity contribution in [1.82, 2.24) is 10.0 Å². The normalized spacial score (nSPS) is 12.1. The van der Waals surface area contributed by atoms with Gasteiger partial charge in [0.2, 0.25) is 10.0 Å². The highest BCUT2D eigenvalue weighted by Gasteiger charge is 2.26. The largest absolute Gasteiger partial charge is 0.480 e. The Morgan fingerprint density at radius 2 is 1.67 bits per heavy atom. The van der Waals surface area contributed by atoms with Crippen molar-refractivity contribution in [1.29, 1.82) is 0 Å². The molecule has 2 amide bonds. The van der Waals surface area contributed by atoms with Crippen LogP contribution in [0.2, 0.25) is 0 Å². The van der Waals surface area contributed by atoms with Crippen LogP contribution in [0.3, 0.4) is 0 Å². The van der Waals surface area contributed by atoms with Gasteiger partial charge in [-0.15, -0.1) is 0 Å². The molecule has 0 saturated carbocycles. The van der Waals surface area contributed by atoms with E-state index < -0.39 is 22.0 Å². The van der Waals surface area contributed by atoms with E-state index in [9.17, 15) is 23.1 Å². The number of carboxylic acids is 1. The van der Waals surface area contributed by atoms with Crippen molar-refractivity contribution >= 4 is 27.7 Å². The summed E-state index contributed by atoms with van der Waals surface area (Å²) >= 11 is 0. The van der Waals surface area contributed by atoms with Crippen LogP contribution in [-0.4, -0.2) is 38.1 Å². The Balaban J connectivity index is 1.73. The molecule has 3 aromatic carbocycles. The lowest BCUT2D eigenvalue weighted by Crippen LogP contribution is -2.42. The summed E-state index contributed by atoms with van der Waals surface area (Å²) < 4.78 is 28.1. The third kappa shape index (κ3) is 7.16. The smallest absolute Gasteiger partial charge is 0.322 e. The first-order valence-electron chi connectivity index (χ1n) is 11.7. The molecule has 1 unspecified atom stereocenters. The van der Waals surface area contributed by atoms with Crippen LogP contribution in [0.4, 0.5) is 10.5 Å². The SMILES string of the molecule is CCCNC(=O)Nc1cccc(-c2ccc(CC(NS(=O)(=O)c3ccc(C)cc3C)C(=O)O)cc2)c1. The zero-order valence-electron chi connectivity index (χ0n) is 20.5. The van der Waals surface area contributed by atoms with Crippen LogP contribution in [0.15, 0.2) is 71.6 Å². The fourth-order valence-corrected chi connectivity index (χ4v) is 5.21. The molecule has 8 nitrogen and oxygen atoms in total. The van der Waals surface area contributed by atoms with Crippen molar-refractivity contribution < 1.29 is 23.1 Å². The van der Waals surface area contributed by atoms with E-state index in [1.165, 1.54) is 6.07 Å². The minimum Gasteiger partial charge on any atom is -0.480 e. The lowest BCUT2D eigenvalue weighted by molar-refractivity contribution is -0.138. The summed E-state index contributed by atoms with van der Waals surface area (Å²) in [6, 6.07) is 17.9. The summed E-state index contributed by atoms with van der Waals surface area (Å²) in [7, 11) is -4.01. The lowest BCUT2D eigenvalue weighted by atomic mass is 10.0. The molecule has 0 aromatic heterocycles. The van der Waals surface area contributed by atoms with Crippen molar-refractivity contribution in [2.45, 2.75) is 44.6 Å². The van der Waals surface area contributed by atoms with Gasteiger partial charge in [-0.1, -0.05) is 61.0 Å². The number of carbonyl (C=O) groups is 2. The van der Waals surface area contributed by atoms with Gasteiger partial charge in [0, 0.05) is 12.2 Å². The molecule has 0 saturated heterocycles. The average Bonchev–Trinajstić information content (AvgIpc) is 2.82. The average molecular weight is 510 g/mol. The van der Waals surface area contributed by atoms with Crippen LogP contribution in [0.5, 0.6) is 0 Å². The van der Waals surface area contributed by atoms with Crippen molar-refractivity contribution in [3.05, 3.63) is 83.4 Å². The number of hydrogen-bond donors (Lipinski definition) is 4.